The molecule has 2 amide bonds. The van der Waals surface area contributed by atoms with Crippen molar-refractivity contribution >= 4 is 11.8 Å². The number of amides is 2. The highest BCUT2D eigenvalue weighted by atomic mass is 16.2. The van der Waals surface area contributed by atoms with Gasteiger partial charge in [-0.15, -0.1) is 0 Å². The summed E-state index contributed by atoms with van der Waals surface area (Å²) in [6.07, 6.45) is 4.43. The Morgan fingerprint density at radius 3 is 2.61 bits per heavy atom. The Balaban J connectivity index is 1.59. The Bertz CT molecular complexity index is 567. The number of carbonyl (C=O) groups excluding carboxylic acids is 2. The van der Waals surface area contributed by atoms with Gasteiger partial charge in [-0.3, -0.25) is 9.59 Å². The van der Waals surface area contributed by atoms with Gasteiger partial charge in [0.1, 0.15) is 0 Å². The van der Waals surface area contributed by atoms with Crippen molar-refractivity contribution in [3.05, 3.63) is 35.9 Å². The van der Waals surface area contributed by atoms with Crippen LogP contribution in [0.2, 0.25) is 0 Å². The van der Waals surface area contributed by atoms with Crippen molar-refractivity contribution < 1.29 is 9.59 Å². The first kappa shape index (κ1) is 16.0. The number of nitrogens with two attached hydrogens (primary N) is 1. The standard InChI is InChI=1S/C18H25N3O2/c19-13-18(8-4-5-9-18)20-17(23)15-10-16(22)21(12-15)11-14-6-2-1-3-7-14/h1-3,6-7,15H,4-5,8-13,19H2,(H,20,23). The zero-order valence-corrected chi connectivity index (χ0v) is 13.5. The molecule has 1 heterocycles. The normalized spacial score (nSPS) is 23.3. The van der Waals surface area contributed by atoms with Crippen LogP contribution in [0.3, 0.4) is 0 Å². The van der Waals surface area contributed by atoms with Crippen molar-refractivity contribution in [1.82, 2.24) is 10.2 Å². The maximum absolute atomic E-state index is 12.6. The Morgan fingerprint density at radius 2 is 1.96 bits per heavy atom. The van der Waals surface area contributed by atoms with E-state index in [9.17, 15) is 9.59 Å². The number of hydrogen-bond donors (Lipinski definition) is 2. The maximum atomic E-state index is 12.6. The molecule has 0 aromatic heterocycles. The van der Waals surface area contributed by atoms with Crippen LogP contribution in [0.4, 0.5) is 0 Å². The Kier molecular flexibility index (Phi) is 4.66. The molecule has 2 fully saturated rings. The molecule has 0 bridgehead atoms. The first-order valence-corrected chi connectivity index (χ1v) is 8.46. The van der Waals surface area contributed by atoms with Gasteiger partial charge in [0.05, 0.1) is 11.5 Å². The Labute approximate surface area is 137 Å². The van der Waals surface area contributed by atoms with Crippen LogP contribution in [0.5, 0.6) is 0 Å². The molecule has 3 rings (SSSR count). The van der Waals surface area contributed by atoms with Gasteiger partial charge in [-0.05, 0) is 18.4 Å². The molecule has 2 aliphatic rings. The number of likely N-dealkylation sites (tertiary alicyclic amines) is 1. The second kappa shape index (κ2) is 6.71. The van der Waals surface area contributed by atoms with Crippen LogP contribution < -0.4 is 11.1 Å². The van der Waals surface area contributed by atoms with Gasteiger partial charge in [0, 0.05) is 26.1 Å². The van der Waals surface area contributed by atoms with Crippen molar-refractivity contribution in [2.24, 2.45) is 11.7 Å². The van der Waals surface area contributed by atoms with Crippen LogP contribution in [-0.4, -0.2) is 35.3 Å². The molecule has 1 aromatic carbocycles. The number of rotatable bonds is 5. The second-order valence-corrected chi connectivity index (χ2v) is 6.84. The quantitative estimate of drug-likeness (QED) is 0.863. The minimum absolute atomic E-state index is 0.0127. The highest BCUT2D eigenvalue weighted by molar-refractivity contribution is 5.89. The highest BCUT2D eigenvalue weighted by Crippen LogP contribution is 2.30. The van der Waals surface area contributed by atoms with E-state index >= 15 is 0 Å². The molecule has 1 saturated heterocycles. The summed E-state index contributed by atoms with van der Waals surface area (Å²) < 4.78 is 0. The van der Waals surface area contributed by atoms with Crippen molar-refractivity contribution in [2.75, 3.05) is 13.1 Å². The van der Waals surface area contributed by atoms with Gasteiger partial charge in [-0.25, -0.2) is 0 Å². The molecule has 23 heavy (non-hydrogen) atoms. The summed E-state index contributed by atoms with van der Waals surface area (Å²) >= 11 is 0. The van der Waals surface area contributed by atoms with Gasteiger partial charge in [0.2, 0.25) is 11.8 Å². The highest BCUT2D eigenvalue weighted by Gasteiger charge is 2.39. The molecule has 3 N–H and O–H groups in total. The minimum Gasteiger partial charge on any atom is -0.349 e. The van der Waals surface area contributed by atoms with Crippen molar-refractivity contribution in [1.29, 1.82) is 0 Å². The van der Waals surface area contributed by atoms with Gasteiger partial charge in [0.15, 0.2) is 0 Å². The lowest BCUT2D eigenvalue weighted by Gasteiger charge is -2.30. The second-order valence-electron chi connectivity index (χ2n) is 6.84. The molecule has 0 spiro atoms. The van der Waals surface area contributed by atoms with E-state index in [0.717, 1.165) is 31.2 Å². The largest absolute Gasteiger partial charge is 0.349 e. The number of nitrogens with one attached hydrogen (secondary N) is 1. The summed E-state index contributed by atoms with van der Waals surface area (Å²) in [5.41, 5.74) is 6.73. The number of hydrogen-bond acceptors (Lipinski definition) is 3. The molecule has 1 aliphatic heterocycles. The lowest BCUT2D eigenvalue weighted by molar-refractivity contribution is -0.129. The molecule has 1 aromatic rings. The van der Waals surface area contributed by atoms with Crippen LogP contribution in [0, 0.1) is 5.92 Å². The monoisotopic (exact) mass is 315 g/mol. The van der Waals surface area contributed by atoms with Crippen molar-refractivity contribution in [2.45, 2.75) is 44.2 Å². The fourth-order valence-electron chi connectivity index (χ4n) is 3.70. The van der Waals surface area contributed by atoms with Crippen LogP contribution in [0.1, 0.15) is 37.7 Å². The zero-order valence-electron chi connectivity index (χ0n) is 13.5. The fourth-order valence-corrected chi connectivity index (χ4v) is 3.70. The van der Waals surface area contributed by atoms with Crippen molar-refractivity contribution in [3.8, 4) is 0 Å². The molecule has 124 valence electrons. The molecular formula is C18H25N3O2. The average molecular weight is 315 g/mol. The topological polar surface area (TPSA) is 75.4 Å². The molecule has 0 radical (unpaired) electrons. The van der Waals surface area contributed by atoms with Crippen LogP contribution in [-0.2, 0) is 16.1 Å². The van der Waals surface area contributed by atoms with Gasteiger partial charge in [-0.1, -0.05) is 43.2 Å². The predicted molar refractivity (Wildman–Crippen MR) is 88.4 cm³/mol. The molecule has 5 nitrogen and oxygen atoms in total. The minimum atomic E-state index is -0.254. The number of benzene rings is 1. The third-order valence-electron chi connectivity index (χ3n) is 5.14. The summed E-state index contributed by atoms with van der Waals surface area (Å²) in [6, 6.07) is 9.89. The van der Waals surface area contributed by atoms with E-state index in [0.29, 0.717) is 26.1 Å². The van der Waals surface area contributed by atoms with E-state index in [1.54, 1.807) is 4.90 Å². The van der Waals surface area contributed by atoms with E-state index in [1.165, 1.54) is 0 Å². The molecule has 5 heteroatoms. The summed E-state index contributed by atoms with van der Waals surface area (Å²) in [7, 11) is 0. The van der Waals surface area contributed by atoms with Crippen molar-refractivity contribution in [3.63, 3.8) is 0 Å². The smallest absolute Gasteiger partial charge is 0.225 e. The maximum Gasteiger partial charge on any atom is 0.225 e. The van der Waals surface area contributed by atoms with Crippen LogP contribution in [0.25, 0.3) is 0 Å². The van der Waals surface area contributed by atoms with Crippen LogP contribution in [0.15, 0.2) is 30.3 Å². The van der Waals surface area contributed by atoms with E-state index in [-0.39, 0.29) is 23.3 Å². The van der Waals surface area contributed by atoms with Gasteiger partial charge in [0.25, 0.3) is 0 Å². The van der Waals surface area contributed by atoms with Gasteiger partial charge in [-0.2, -0.15) is 0 Å². The SMILES string of the molecule is NCC1(NC(=O)C2CC(=O)N(Cc3ccccc3)C2)CCCC1. The molecule has 1 unspecified atom stereocenters. The molecule has 1 saturated carbocycles. The molecular weight excluding hydrogens is 290 g/mol. The first-order valence-electron chi connectivity index (χ1n) is 8.46. The third kappa shape index (κ3) is 3.55. The fraction of sp³-hybridized carbons (Fsp3) is 0.556. The predicted octanol–water partition coefficient (Wildman–Crippen LogP) is 1.42. The summed E-state index contributed by atoms with van der Waals surface area (Å²) in [6.45, 7) is 1.55. The Hall–Kier alpha value is -1.88. The van der Waals surface area contributed by atoms with Gasteiger partial charge < -0.3 is 16.0 Å². The zero-order chi connectivity index (χ0) is 16.3. The number of carbonyl (C=O) groups is 2. The summed E-state index contributed by atoms with van der Waals surface area (Å²) in [4.78, 5) is 26.5. The number of nitrogens with zero attached hydrogens (tertiary/aromatic N) is 1. The summed E-state index contributed by atoms with van der Waals surface area (Å²) in [5.74, 6) is -0.210. The third-order valence-corrected chi connectivity index (χ3v) is 5.14. The molecule has 1 aliphatic carbocycles. The molecule has 1 atom stereocenters. The first-order chi connectivity index (χ1) is 11.1. The lowest BCUT2D eigenvalue weighted by atomic mass is 9.96. The van der Waals surface area contributed by atoms with E-state index in [4.69, 9.17) is 5.73 Å². The van der Waals surface area contributed by atoms with E-state index < -0.39 is 0 Å². The average Bonchev–Trinajstić information content (AvgIpc) is 3.17. The van der Waals surface area contributed by atoms with Gasteiger partial charge >= 0.3 is 0 Å². The summed E-state index contributed by atoms with van der Waals surface area (Å²) in [5, 5.41) is 3.15. The lowest BCUT2D eigenvalue weighted by Crippen LogP contribution is -2.53. The van der Waals surface area contributed by atoms with Crippen LogP contribution >= 0.6 is 0 Å². The van der Waals surface area contributed by atoms with E-state index in [2.05, 4.69) is 5.32 Å². The van der Waals surface area contributed by atoms with E-state index in [1.807, 2.05) is 30.3 Å². The Morgan fingerprint density at radius 1 is 1.26 bits per heavy atom.